The molecule has 0 amide bonds. The van der Waals surface area contributed by atoms with Gasteiger partial charge >= 0.3 is 0 Å². The van der Waals surface area contributed by atoms with E-state index in [4.69, 9.17) is 12.2 Å². The lowest BCUT2D eigenvalue weighted by atomic mass is 10.1. The van der Waals surface area contributed by atoms with Gasteiger partial charge in [0.15, 0.2) is 4.77 Å². The van der Waals surface area contributed by atoms with E-state index in [1.165, 1.54) is 10.6 Å². The Hall–Kier alpha value is -1.92. The predicted molar refractivity (Wildman–Crippen MR) is 88.4 cm³/mol. The maximum atomic E-state index is 12.9. The third-order valence-corrected chi connectivity index (χ3v) is 4.84. The lowest BCUT2D eigenvalue weighted by Gasteiger charge is -2.07. The van der Waals surface area contributed by atoms with Crippen LogP contribution in [0.5, 0.6) is 5.75 Å². The van der Waals surface area contributed by atoms with E-state index in [1.54, 1.807) is 29.5 Å². The number of phenols is 1. The molecule has 0 aliphatic carbocycles. The van der Waals surface area contributed by atoms with Crippen molar-refractivity contribution in [1.29, 1.82) is 0 Å². The molecule has 0 fully saturated rings. The van der Waals surface area contributed by atoms with Gasteiger partial charge in [-0.3, -0.25) is 9.36 Å². The van der Waals surface area contributed by atoms with E-state index in [1.807, 2.05) is 13.8 Å². The highest BCUT2D eigenvalue weighted by Crippen LogP contribution is 2.27. The molecule has 21 heavy (non-hydrogen) atoms. The third-order valence-electron chi connectivity index (χ3n) is 3.49. The third kappa shape index (κ3) is 2.20. The van der Waals surface area contributed by atoms with Gasteiger partial charge in [0.1, 0.15) is 10.6 Å². The molecule has 0 aliphatic heterocycles. The summed E-state index contributed by atoms with van der Waals surface area (Å²) < 4.78 is 1.77. The number of hydrogen-bond acceptors (Lipinski definition) is 4. The molecule has 0 saturated heterocycles. The van der Waals surface area contributed by atoms with Gasteiger partial charge in [0.25, 0.3) is 5.56 Å². The van der Waals surface area contributed by atoms with Crippen LogP contribution >= 0.6 is 23.6 Å². The van der Waals surface area contributed by atoms with Crippen molar-refractivity contribution in [3.8, 4) is 11.4 Å². The van der Waals surface area contributed by atoms with Crippen LogP contribution in [0.2, 0.25) is 0 Å². The number of aromatic amines is 1. The first kappa shape index (κ1) is 14.0. The first-order valence-electron chi connectivity index (χ1n) is 6.59. The Bertz CT molecular complexity index is 950. The van der Waals surface area contributed by atoms with Crippen molar-refractivity contribution in [2.75, 3.05) is 0 Å². The average molecular weight is 318 g/mol. The maximum absolute atomic E-state index is 12.9. The van der Waals surface area contributed by atoms with Crippen molar-refractivity contribution in [1.82, 2.24) is 9.55 Å². The fraction of sp³-hybridized carbons (Fsp3) is 0.200. The largest absolute Gasteiger partial charge is 0.508 e. The van der Waals surface area contributed by atoms with Gasteiger partial charge in [0.05, 0.1) is 11.1 Å². The van der Waals surface area contributed by atoms with Crippen molar-refractivity contribution in [2.24, 2.45) is 0 Å². The van der Waals surface area contributed by atoms with E-state index < -0.39 is 0 Å². The van der Waals surface area contributed by atoms with Crippen LogP contribution in [0.3, 0.4) is 0 Å². The molecule has 0 spiro atoms. The van der Waals surface area contributed by atoms with Crippen LogP contribution in [-0.4, -0.2) is 14.7 Å². The van der Waals surface area contributed by atoms with Crippen LogP contribution in [-0.2, 0) is 6.42 Å². The van der Waals surface area contributed by atoms with Gasteiger partial charge in [0, 0.05) is 10.9 Å². The number of thiophene rings is 1. The van der Waals surface area contributed by atoms with E-state index >= 15 is 0 Å². The number of nitrogens with one attached hydrogen (secondary N) is 1. The molecular formula is C15H14N2O2S2. The van der Waals surface area contributed by atoms with Crippen molar-refractivity contribution in [2.45, 2.75) is 20.3 Å². The van der Waals surface area contributed by atoms with Crippen LogP contribution in [0.1, 0.15) is 17.4 Å². The van der Waals surface area contributed by atoms with Gasteiger partial charge in [-0.05, 0) is 43.3 Å². The number of nitrogens with zero attached hydrogens (tertiary/aromatic N) is 1. The highest BCUT2D eigenvalue weighted by molar-refractivity contribution is 7.71. The summed E-state index contributed by atoms with van der Waals surface area (Å²) in [5, 5.41) is 10.3. The number of benzene rings is 1. The van der Waals surface area contributed by atoms with Crippen molar-refractivity contribution in [3.05, 3.63) is 49.8 Å². The molecule has 0 bridgehead atoms. The standard InChI is InChI=1S/C15H14N2O2S2/c1-3-11-8(2)21-13-12(11)14(19)17(15(20)16-13)9-5-4-6-10(18)7-9/h4-7,18H,3H2,1-2H3,(H,16,20). The summed E-state index contributed by atoms with van der Waals surface area (Å²) in [4.78, 5) is 17.9. The Kier molecular flexibility index (Phi) is 3.43. The van der Waals surface area contributed by atoms with Gasteiger partial charge < -0.3 is 10.1 Å². The lowest BCUT2D eigenvalue weighted by molar-refractivity contribution is 0.475. The van der Waals surface area contributed by atoms with Crippen LogP contribution in [0.25, 0.3) is 15.9 Å². The quantitative estimate of drug-likeness (QED) is 0.709. The Morgan fingerprint density at radius 1 is 1.43 bits per heavy atom. The second-order valence-corrected chi connectivity index (χ2v) is 6.40. The van der Waals surface area contributed by atoms with Crippen molar-refractivity contribution < 1.29 is 5.11 Å². The number of hydrogen-bond donors (Lipinski definition) is 2. The molecule has 2 N–H and O–H groups in total. The van der Waals surface area contributed by atoms with Crippen LogP contribution < -0.4 is 5.56 Å². The van der Waals surface area contributed by atoms with Crippen molar-refractivity contribution >= 4 is 33.8 Å². The zero-order valence-corrected chi connectivity index (χ0v) is 13.3. The van der Waals surface area contributed by atoms with E-state index in [0.717, 1.165) is 21.7 Å². The zero-order chi connectivity index (χ0) is 15.1. The molecule has 0 radical (unpaired) electrons. The molecule has 1 aromatic carbocycles. The SMILES string of the molecule is CCc1c(C)sc2[nH]c(=S)n(-c3cccc(O)c3)c(=O)c12. The first-order valence-corrected chi connectivity index (χ1v) is 7.82. The summed E-state index contributed by atoms with van der Waals surface area (Å²) in [5.74, 6) is 0.103. The second-order valence-electron chi connectivity index (χ2n) is 4.79. The number of phenolic OH excluding ortho intramolecular Hbond substituents is 1. The van der Waals surface area contributed by atoms with Gasteiger partial charge in [-0.2, -0.15) is 0 Å². The van der Waals surface area contributed by atoms with Gasteiger partial charge in [-0.25, -0.2) is 0 Å². The van der Waals surface area contributed by atoms with E-state index in [9.17, 15) is 9.90 Å². The smallest absolute Gasteiger partial charge is 0.267 e. The molecule has 3 aromatic rings. The number of rotatable bonds is 2. The van der Waals surface area contributed by atoms with Gasteiger partial charge in [0.2, 0.25) is 0 Å². The number of aromatic hydroxyl groups is 1. The monoisotopic (exact) mass is 318 g/mol. The minimum absolute atomic E-state index is 0.103. The number of aromatic nitrogens is 2. The highest BCUT2D eigenvalue weighted by Gasteiger charge is 2.15. The molecule has 0 aliphatic rings. The molecule has 2 heterocycles. The average Bonchev–Trinajstić information content (AvgIpc) is 2.74. The summed E-state index contributed by atoms with van der Waals surface area (Å²) in [6.45, 7) is 4.05. The molecular weight excluding hydrogens is 304 g/mol. The fourth-order valence-corrected chi connectivity index (χ4v) is 4.03. The summed E-state index contributed by atoms with van der Waals surface area (Å²) in [6.07, 6.45) is 0.797. The van der Waals surface area contributed by atoms with Crippen LogP contribution in [0.4, 0.5) is 0 Å². The van der Waals surface area contributed by atoms with E-state index in [-0.39, 0.29) is 11.3 Å². The summed E-state index contributed by atoms with van der Waals surface area (Å²) in [5.41, 5.74) is 1.48. The van der Waals surface area contributed by atoms with Crippen LogP contribution in [0, 0.1) is 11.7 Å². The zero-order valence-electron chi connectivity index (χ0n) is 11.6. The molecule has 3 rings (SSSR count). The highest BCUT2D eigenvalue weighted by atomic mass is 32.1. The number of aryl methyl sites for hydroxylation is 2. The first-order chi connectivity index (χ1) is 10.0. The van der Waals surface area contributed by atoms with Crippen LogP contribution in [0.15, 0.2) is 29.1 Å². The summed E-state index contributed by atoms with van der Waals surface area (Å²) >= 11 is 6.87. The lowest BCUT2D eigenvalue weighted by Crippen LogP contribution is -2.20. The fourth-order valence-electron chi connectivity index (χ4n) is 2.54. The molecule has 0 unspecified atom stereocenters. The molecule has 6 heteroatoms. The topological polar surface area (TPSA) is 58.0 Å². The Morgan fingerprint density at radius 3 is 2.86 bits per heavy atom. The second kappa shape index (κ2) is 5.13. The van der Waals surface area contributed by atoms with Gasteiger partial charge in [-0.1, -0.05) is 13.0 Å². The van der Waals surface area contributed by atoms with Gasteiger partial charge in [-0.15, -0.1) is 11.3 Å². The molecule has 108 valence electrons. The molecule has 2 aromatic heterocycles. The molecule has 4 nitrogen and oxygen atoms in total. The van der Waals surface area contributed by atoms with E-state index in [0.29, 0.717) is 15.8 Å². The summed E-state index contributed by atoms with van der Waals surface area (Å²) in [6, 6.07) is 6.53. The Morgan fingerprint density at radius 2 is 2.19 bits per heavy atom. The van der Waals surface area contributed by atoms with E-state index in [2.05, 4.69) is 4.98 Å². The maximum Gasteiger partial charge on any atom is 0.267 e. The summed E-state index contributed by atoms with van der Waals surface area (Å²) in [7, 11) is 0. The minimum atomic E-state index is -0.138. The van der Waals surface area contributed by atoms with Crippen molar-refractivity contribution in [3.63, 3.8) is 0 Å². The number of fused-ring (bicyclic) bond motifs is 1. The Labute approximate surface area is 130 Å². The molecule has 0 saturated carbocycles. The molecule has 0 atom stereocenters. The Balaban J connectivity index is 2.44. The predicted octanol–water partition coefficient (Wildman–Crippen LogP) is 3.69. The minimum Gasteiger partial charge on any atom is -0.508 e. The number of H-pyrrole nitrogens is 1. The normalized spacial score (nSPS) is 11.1.